The van der Waals surface area contributed by atoms with E-state index in [2.05, 4.69) is 22.9 Å². The maximum Gasteiger partial charge on any atom is 0.393 e. The van der Waals surface area contributed by atoms with Crippen molar-refractivity contribution in [2.45, 2.75) is 274 Å². The smallest absolute Gasteiger partial charge is 0.347 e. The standard InChI is InChI=1S/C73H118ClF3N12O12/c1-15-44(4)60-69(99)83(10)46(6)64(94)89-37-33-54(89)68(98)85(12)56(40-49-27-25-43(3)26-28-49)67(97)82(9)42-58(90)78-52(32-30-48-29-31-50(51(74)38-48)73(75,76)77)65(95)88-36-21-24-53(88)63(93)80-72(34-19-20-35-72)71(101)87(14)61(45(5)16-2)70(100)86(13)57(66(96)81(7)8)41-59(91)84(11)55(62(92)79-60)39-47-22-17-18-23-47/h43-57,60-61H,15-42H2,1-14H3,(H,78,90)(H,79,92)(H,80,93)/t43?,44-,45-,46-,48?,49?,50?,51?,52-,53-,54-,55-,56-,57-,60-,61-/m0/s1. The summed E-state index contributed by atoms with van der Waals surface area (Å²) in [5.41, 5.74) is -1.57. The van der Waals surface area contributed by atoms with Crippen LogP contribution < -0.4 is 16.0 Å². The van der Waals surface area contributed by atoms with Gasteiger partial charge in [0.15, 0.2) is 0 Å². The first kappa shape index (κ1) is 82.0. The molecule has 0 aromatic heterocycles. The van der Waals surface area contributed by atoms with Crippen LogP contribution in [-0.4, -0.2) is 262 Å². The lowest BCUT2D eigenvalue weighted by Gasteiger charge is -2.45. The van der Waals surface area contributed by atoms with Crippen molar-refractivity contribution in [1.82, 2.24) is 60.0 Å². The third kappa shape index (κ3) is 19.4. The fourth-order valence-electron chi connectivity index (χ4n) is 16.8. The highest BCUT2D eigenvalue weighted by atomic mass is 35.5. The molecule has 28 heteroatoms. The molecule has 570 valence electrons. The maximum atomic E-state index is 15.5. The van der Waals surface area contributed by atoms with Crippen molar-refractivity contribution in [1.29, 1.82) is 0 Å². The number of carbonyl (C=O) groups excluding carboxylic acids is 12. The van der Waals surface area contributed by atoms with E-state index >= 15 is 33.6 Å². The fourth-order valence-corrected chi connectivity index (χ4v) is 17.4. The largest absolute Gasteiger partial charge is 0.393 e. The van der Waals surface area contributed by atoms with Crippen LogP contribution in [0.15, 0.2) is 0 Å². The second-order valence-electron chi connectivity index (χ2n) is 31.4. The minimum absolute atomic E-state index is 0.000576. The molecule has 3 aliphatic heterocycles. The highest BCUT2D eigenvalue weighted by Gasteiger charge is 2.53. The number of alkyl halides is 4. The Kier molecular flexibility index (Phi) is 28.8. The molecule has 7 fully saturated rings. The van der Waals surface area contributed by atoms with Gasteiger partial charge in [0.05, 0.1) is 18.9 Å². The second-order valence-corrected chi connectivity index (χ2v) is 32.0. The first-order valence-corrected chi connectivity index (χ1v) is 37.9. The van der Waals surface area contributed by atoms with Crippen molar-refractivity contribution < 1.29 is 70.7 Å². The molecule has 4 aliphatic carbocycles. The first-order chi connectivity index (χ1) is 47.5. The van der Waals surface area contributed by atoms with Gasteiger partial charge >= 0.3 is 6.18 Å². The molecule has 3 unspecified atom stereocenters. The fraction of sp³-hybridized carbons (Fsp3) is 0.836. The highest BCUT2D eigenvalue weighted by molar-refractivity contribution is 6.21. The summed E-state index contributed by atoms with van der Waals surface area (Å²) in [5.74, 6) is -10.1. The van der Waals surface area contributed by atoms with Gasteiger partial charge in [-0.3, -0.25) is 57.5 Å². The monoisotopic (exact) mass is 1450 g/mol. The van der Waals surface area contributed by atoms with Crippen LogP contribution in [0, 0.1) is 41.4 Å². The number of amides is 12. The Morgan fingerprint density at radius 1 is 0.594 bits per heavy atom. The number of fused-ring (bicyclic) bond motifs is 2. The van der Waals surface area contributed by atoms with Crippen molar-refractivity contribution >= 4 is 82.5 Å². The lowest BCUT2D eigenvalue weighted by atomic mass is 9.78. The van der Waals surface area contributed by atoms with E-state index in [4.69, 9.17) is 11.6 Å². The number of carbonyl (C=O) groups is 12. The zero-order valence-corrected chi connectivity index (χ0v) is 63.3. The third-order valence-electron chi connectivity index (χ3n) is 24.3. The van der Waals surface area contributed by atoms with E-state index in [1.54, 1.807) is 13.8 Å². The van der Waals surface area contributed by atoms with Gasteiger partial charge < -0.3 is 60.0 Å². The molecule has 0 aromatic carbocycles. The van der Waals surface area contributed by atoms with Crippen LogP contribution in [-0.2, 0) is 57.5 Å². The molecule has 4 saturated carbocycles. The Labute approximate surface area is 601 Å². The van der Waals surface area contributed by atoms with Gasteiger partial charge in [0.2, 0.25) is 70.9 Å². The molecule has 7 aliphatic rings. The predicted octanol–water partition coefficient (Wildman–Crippen LogP) is 6.34. The highest BCUT2D eigenvalue weighted by Crippen LogP contribution is 2.44. The number of nitrogens with zero attached hydrogens (tertiary/aromatic N) is 9. The minimum Gasteiger partial charge on any atom is -0.347 e. The zero-order valence-electron chi connectivity index (χ0n) is 62.5. The Bertz CT molecular complexity index is 2980. The molecule has 14 atom stereocenters. The van der Waals surface area contributed by atoms with E-state index in [1.165, 1.54) is 107 Å². The number of halogens is 4. The van der Waals surface area contributed by atoms with Gasteiger partial charge in [-0.25, -0.2) is 0 Å². The summed E-state index contributed by atoms with van der Waals surface area (Å²) < 4.78 is 42.1. The summed E-state index contributed by atoms with van der Waals surface area (Å²) in [6.45, 7) is 10.6. The van der Waals surface area contributed by atoms with E-state index in [-0.39, 0.29) is 101 Å². The lowest BCUT2D eigenvalue weighted by Crippen LogP contribution is -2.65. The first-order valence-electron chi connectivity index (χ1n) is 37.5. The molecule has 0 aromatic rings. The lowest BCUT2D eigenvalue weighted by molar-refractivity contribution is -0.182. The summed E-state index contributed by atoms with van der Waals surface area (Å²) in [5, 5.41) is 7.66. The molecule has 3 N–H and O–H groups in total. The third-order valence-corrected chi connectivity index (χ3v) is 24.8. The van der Waals surface area contributed by atoms with Gasteiger partial charge in [-0.15, -0.1) is 11.6 Å². The van der Waals surface area contributed by atoms with Crippen molar-refractivity contribution in [3.05, 3.63) is 0 Å². The van der Waals surface area contributed by atoms with Crippen LogP contribution in [0.2, 0.25) is 0 Å². The quantitative estimate of drug-likeness (QED) is 0.181. The predicted molar refractivity (Wildman–Crippen MR) is 374 cm³/mol. The average Bonchev–Trinajstić information content (AvgIpc) is 1.26. The second kappa shape index (κ2) is 35.5. The molecule has 1 spiro atoms. The summed E-state index contributed by atoms with van der Waals surface area (Å²) in [6.07, 6.45) is 5.12. The summed E-state index contributed by atoms with van der Waals surface area (Å²) in [4.78, 5) is 192. The van der Waals surface area contributed by atoms with Gasteiger partial charge in [0.1, 0.15) is 59.9 Å². The molecule has 3 saturated heterocycles. The summed E-state index contributed by atoms with van der Waals surface area (Å²) in [6, 6.07) is -10.8. The molecule has 101 heavy (non-hydrogen) atoms. The van der Waals surface area contributed by atoms with E-state index < -0.39 is 173 Å². The molecule has 24 nitrogen and oxygen atoms in total. The van der Waals surface area contributed by atoms with Crippen molar-refractivity contribution in [3.63, 3.8) is 0 Å². The van der Waals surface area contributed by atoms with Crippen LogP contribution in [0.1, 0.15) is 202 Å². The molecule has 0 bridgehead atoms. The SMILES string of the molecule is CC[C@H](C)[C@@H]1NC(=O)[C@H](CC2CCCC2)N(C)C(=O)C[C@@H](C(=O)N(C)C)N(C)C(=O)[C@H]([C@@H](C)CC)N(C)C(=O)C2(CCCC2)NC(=O)[C@@H]2CCCN2C(=O)[C@H](CCC2CCC(C(F)(F)F)C(Cl)C2)NC(=O)CN(C)C(=O)[C@H](CC2CCC(C)CC2)N(C)C(=O)[C@@H]2CCN2C(=O)[C@H](C)N(C)C1=O. The molecule has 3 heterocycles. The van der Waals surface area contributed by atoms with E-state index in [1.807, 2.05) is 13.8 Å². The van der Waals surface area contributed by atoms with Crippen molar-refractivity contribution in [3.8, 4) is 0 Å². The van der Waals surface area contributed by atoms with E-state index in [0.29, 0.717) is 38.0 Å². The molecular formula is C73H118ClF3N12O12. The average molecular weight is 1450 g/mol. The zero-order chi connectivity index (χ0) is 74.9. The van der Waals surface area contributed by atoms with Crippen molar-refractivity contribution in [2.24, 2.45) is 41.4 Å². The van der Waals surface area contributed by atoms with Crippen LogP contribution in [0.4, 0.5) is 13.2 Å². The number of hydrogen-bond acceptors (Lipinski definition) is 12. The van der Waals surface area contributed by atoms with Crippen molar-refractivity contribution in [2.75, 3.05) is 76.0 Å². The molecular weight excluding hydrogens is 1330 g/mol. The van der Waals surface area contributed by atoms with Crippen LogP contribution in [0.5, 0.6) is 0 Å². The van der Waals surface area contributed by atoms with Gasteiger partial charge in [-0.05, 0) is 119 Å². The summed E-state index contributed by atoms with van der Waals surface area (Å²) in [7, 11) is 11.7. The van der Waals surface area contributed by atoms with Crippen LogP contribution in [0.3, 0.4) is 0 Å². The molecule has 7 rings (SSSR count). The van der Waals surface area contributed by atoms with Gasteiger partial charge in [0.25, 0.3) is 0 Å². The Morgan fingerprint density at radius 3 is 1.76 bits per heavy atom. The number of nitrogens with one attached hydrogen (secondary N) is 3. The number of hydrogen-bond donors (Lipinski definition) is 3. The summed E-state index contributed by atoms with van der Waals surface area (Å²) >= 11 is 6.41. The maximum absolute atomic E-state index is 15.5. The van der Waals surface area contributed by atoms with Crippen LogP contribution >= 0.6 is 11.6 Å². The van der Waals surface area contributed by atoms with Gasteiger partial charge in [-0.2, -0.15) is 13.2 Å². The number of likely N-dealkylation sites (N-methyl/N-ethyl adjacent to an activating group) is 7. The normalized spacial score (nSPS) is 32.3. The minimum atomic E-state index is -4.51. The Morgan fingerprint density at radius 2 is 1.19 bits per heavy atom. The Balaban J connectivity index is 1.28. The number of rotatable bonds is 12. The van der Waals surface area contributed by atoms with E-state index in [0.717, 1.165) is 51.4 Å². The molecule has 12 amide bonds. The molecule has 0 radical (unpaired) electrons. The van der Waals surface area contributed by atoms with Gasteiger partial charge in [0, 0.05) is 74.8 Å². The topological polar surface area (TPSA) is 270 Å². The van der Waals surface area contributed by atoms with E-state index in [9.17, 15) is 37.1 Å². The Hall–Kier alpha value is -6.28. The van der Waals surface area contributed by atoms with Gasteiger partial charge in [-0.1, -0.05) is 112 Å². The van der Waals surface area contributed by atoms with Crippen LogP contribution in [0.25, 0.3) is 0 Å².